The Hall–Kier alpha value is -2.37. The first kappa shape index (κ1) is 19.0. The van der Waals surface area contributed by atoms with Crippen molar-refractivity contribution in [2.24, 2.45) is 5.92 Å². The van der Waals surface area contributed by atoms with Crippen LogP contribution in [-0.4, -0.2) is 48.5 Å². The summed E-state index contributed by atoms with van der Waals surface area (Å²) < 4.78 is 10.1. The molecule has 2 rings (SSSR count). The number of hydrogen-bond donors (Lipinski definition) is 0. The molecular weight excluding hydrogens is 322 g/mol. The van der Waals surface area contributed by atoms with Crippen molar-refractivity contribution in [3.05, 3.63) is 35.9 Å². The first-order valence-electron chi connectivity index (χ1n) is 8.75. The Morgan fingerprint density at radius 2 is 1.72 bits per heavy atom. The van der Waals surface area contributed by atoms with Crippen molar-refractivity contribution < 1.29 is 23.9 Å². The summed E-state index contributed by atoms with van der Waals surface area (Å²) in [4.78, 5) is 38.5. The fraction of sp³-hybridized carbons (Fsp3) is 0.526. The molecular formula is C19H25NO5. The Kier molecular flexibility index (Phi) is 6.98. The van der Waals surface area contributed by atoms with E-state index in [2.05, 4.69) is 0 Å². The SMILES string of the molecule is CCOC(=O)C(C(=O)OCC)C1CCC(=O)N1CCc1ccccc1. The summed E-state index contributed by atoms with van der Waals surface area (Å²) in [6.45, 7) is 4.20. The highest BCUT2D eigenvalue weighted by Crippen LogP contribution is 2.27. The van der Waals surface area contributed by atoms with E-state index in [4.69, 9.17) is 9.47 Å². The summed E-state index contributed by atoms with van der Waals surface area (Å²) in [6, 6.07) is 9.30. The van der Waals surface area contributed by atoms with Crippen molar-refractivity contribution in [3.8, 4) is 0 Å². The second-order valence-corrected chi connectivity index (χ2v) is 5.91. The number of benzene rings is 1. The van der Waals surface area contributed by atoms with E-state index in [1.165, 1.54) is 0 Å². The van der Waals surface area contributed by atoms with Gasteiger partial charge in [-0.3, -0.25) is 14.4 Å². The molecule has 1 unspecified atom stereocenters. The van der Waals surface area contributed by atoms with E-state index in [0.717, 1.165) is 5.56 Å². The van der Waals surface area contributed by atoms with Gasteiger partial charge in [0.05, 0.1) is 19.3 Å². The summed E-state index contributed by atoms with van der Waals surface area (Å²) in [5.41, 5.74) is 1.10. The maximum atomic E-state index is 12.3. The lowest BCUT2D eigenvalue weighted by molar-refractivity contribution is -0.164. The van der Waals surface area contributed by atoms with Crippen molar-refractivity contribution in [1.82, 2.24) is 4.90 Å². The Balaban J connectivity index is 2.14. The molecule has 1 aliphatic heterocycles. The summed E-state index contributed by atoms with van der Waals surface area (Å²) >= 11 is 0. The number of nitrogens with zero attached hydrogens (tertiary/aromatic N) is 1. The molecule has 1 aliphatic rings. The minimum atomic E-state index is -1.08. The molecule has 1 heterocycles. The van der Waals surface area contributed by atoms with Crippen molar-refractivity contribution in [2.45, 2.75) is 39.2 Å². The zero-order valence-corrected chi connectivity index (χ0v) is 14.8. The fourth-order valence-electron chi connectivity index (χ4n) is 3.16. The predicted octanol–water partition coefficient (Wildman–Crippen LogP) is 1.96. The summed E-state index contributed by atoms with van der Waals surface area (Å²) in [5.74, 6) is -2.36. The lowest BCUT2D eigenvalue weighted by Crippen LogP contribution is -2.46. The molecule has 0 bridgehead atoms. The highest BCUT2D eigenvalue weighted by atomic mass is 16.6. The number of ether oxygens (including phenoxy) is 2. The van der Waals surface area contributed by atoms with Gasteiger partial charge >= 0.3 is 11.9 Å². The Morgan fingerprint density at radius 3 is 2.28 bits per heavy atom. The van der Waals surface area contributed by atoms with Crippen LogP contribution in [0, 0.1) is 5.92 Å². The van der Waals surface area contributed by atoms with Gasteiger partial charge in [-0.05, 0) is 32.3 Å². The second kappa shape index (κ2) is 9.20. The minimum Gasteiger partial charge on any atom is -0.465 e. The lowest BCUT2D eigenvalue weighted by atomic mass is 9.97. The topological polar surface area (TPSA) is 72.9 Å². The smallest absolute Gasteiger partial charge is 0.322 e. The zero-order valence-electron chi connectivity index (χ0n) is 14.8. The molecule has 1 atom stereocenters. The van der Waals surface area contributed by atoms with Gasteiger partial charge in [0.25, 0.3) is 0 Å². The molecule has 0 N–H and O–H groups in total. The van der Waals surface area contributed by atoms with Crippen LogP contribution in [0.4, 0.5) is 0 Å². The molecule has 0 radical (unpaired) electrons. The maximum Gasteiger partial charge on any atom is 0.322 e. The molecule has 1 amide bonds. The van der Waals surface area contributed by atoms with Gasteiger partial charge in [0.15, 0.2) is 5.92 Å². The van der Waals surface area contributed by atoms with Gasteiger partial charge in [-0.15, -0.1) is 0 Å². The lowest BCUT2D eigenvalue weighted by Gasteiger charge is -2.29. The average molecular weight is 347 g/mol. The molecule has 0 aromatic heterocycles. The number of hydrogen-bond acceptors (Lipinski definition) is 5. The van der Waals surface area contributed by atoms with E-state index in [0.29, 0.717) is 25.8 Å². The first-order valence-corrected chi connectivity index (χ1v) is 8.75. The van der Waals surface area contributed by atoms with Crippen LogP contribution >= 0.6 is 0 Å². The van der Waals surface area contributed by atoms with Gasteiger partial charge in [0, 0.05) is 13.0 Å². The third kappa shape index (κ3) is 4.81. The molecule has 0 saturated carbocycles. The Bertz CT molecular complexity index is 583. The molecule has 1 aromatic rings. The third-order valence-electron chi connectivity index (χ3n) is 4.32. The van der Waals surface area contributed by atoms with Gasteiger partial charge in [0.2, 0.25) is 5.91 Å². The zero-order chi connectivity index (χ0) is 18.2. The van der Waals surface area contributed by atoms with E-state index < -0.39 is 23.9 Å². The predicted molar refractivity (Wildman–Crippen MR) is 91.6 cm³/mol. The molecule has 136 valence electrons. The standard InChI is InChI=1S/C19H25NO5/c1-3-24-18(22)17(19(23)25-4-2)15-10-11-16(21)20(15)13-12-14-8-6-5-7-9-14/h5-9,15,17H,3-4,10-13H2,1-2H3. The van der Waals surface area contributed by atoms with Crippen LogP contribution in [0.15, 0.2) is 30.3 Å². The van der Waals surface area contributed by atoms with E-state index in [1.54, 1.807) is 18.7 Å². The summed E-state index contributed by atoms with van der Waals surface area (Å²) in [5, 5.41) is 0. The molecule has 6 heteroatoms. The van der Waals surface area contributed by atoms with Crippen molar-refractivity contribution in [2.75, 3.05) is 19.8 Å². The number of amides is 1. The maximum absolute atomic E-state index is 12.3. The number of likely N-dealkylation sites (tertiary alicyclic amines) is 1. The molecule has 25 heavy (non-hydrogen) atoms. The van der Waals surface area contributed by atoms with Gasteiger partial charge in [-0.1, -0.05) is 30.3 Å². The summed E-state index contributed by atoms with van der Waals surface area (Å²) in [6.07, 6.45) is 1.45. The fourth-order valence-corrected chi connectivity index (χ4v) is 3.16. The molecule has 1 fully saturated rings. The quantitative estimate of drug-likeness (QED) is 0.531. The Morgan fingerprint density at radius 1 is 1.12 bits per heavy atom. The van der Waals surface area contributed by atoms with Crippen LogP contribution in [0.25, 0.3) is 0 Å². The van der Waals surface area contributed by atoms with Crippen LogP contribution < -0.4 is 0 Å². The number of esters is 2. The van der Waals surface area contributed by atoms with Crippen molar-refractivity contribution >= 4 is 17.8 Å². The molecule has 1 saturated heterocycles. The normalized spacial score (nSPS) is 17.0. The van der Waals surface area contributed by atoms with Gasteiger partial charge < -0.3 is 14.4 Å². The first-order chi connectivity index (χ1) is 12.1. The van der Waals surface area contributed by atoms with Crippen LogP contribution in [0.5, 0.6) is 0 Å². The second-order valence-electron chi connectivity index (χ2n) is 5.91. The van der Waals surface area contributed by atoms with Crippen molar-refractivity contribution in [3.63, 3.8) is 0 Å². The number of rotatable bonds is 8. The molecule has 0 aliphatic carbocycles. The minimum absolute atomic E-state index is 0.0421. The monoisotopic (exact) mass is 347 g/mol. The van der Waals surface area contributed by atoms with Gasteiger partial charge in [-0.2, -0.15) is 0 Å². The van der Waals surface area contributed by atoms with Crippen LogP contribution in [0.3, 0.4) is 0 Å². The van der Waals surface area contributed by atoms with E-state index in [9.17, 15) is 14.4 Å². The van der Waals surface area contributed by atoms with Crippen molar-refractivity contribution in [1.29, 1.82) is 0 Å². The summed E-state index contributed by atoms with van der Waals surface area (Å²) in [7, 11) is 0. The molecule has 1 aromatic carbocycles. The highest BCUT2D eigenvalue weighted by Gasteiger charge is 2.45. The van der Waals surface area contributed by atoms with E-state index >= 15 is 0 Å². The van der Waals surface area contributed by atoms with Crippen LogP contribution in [0.2, 0.25) is 0 Å². The average Bonchev–Trinajstić information content (AvgIpc) is 2.95. The van der Waals surface area contributed by atoms with Crippen LogP contribution in [0.1, 0.15) is 32.3 Å². The Labute approximate surface area is 148 Å². The van der Waals surface area contributed by atoms with Gasteiger partial charge in [-0.25, -0.2) is 0 Å². The molecule has 0 spiro atoms. The number of carbonyl (C=O) groups is 3. The largest absolute Gasteiger partial charge is 0.465 e. The van der Waals surface area contributed by atoms with Crippen LogP contribution in [-0.2, 0) is 30.3 Å². The van der Waals surface area contributed by atoms with Gasteiger partial charge in [0.1, 0.15) is 0 Å². The highest BCUT2D eigenvalue weighted by molar-refractivity contribution is 5.97. The molecule has 6 nitrogen and oxygen atoms in total. The number of carbonyl (C=O) groups excluding carboxylic acids is 3. The van der Waals surface area contributed by atoms with E-state index in [-0.39, 0.29) is 19.1 Å². The third-order valence-corrected chi connectivity index (χ3v) is 4.32. The van der Waals surface area contributed by atoms with E-state index in [1.807, 2.05) is 30.3 Å².